The minimum atomic E-state index is -4.34. The van der Waals surface area contributed by atoms with Crippen molar-refractivity contribution in [1.82, 2.24) is 0 Å². The lowest BCUT2D eigenvalue weighted by molar-refractivity contribution is -0.139. The van der Waals surface area contributed by atoms with Crippen LogP contribution in [0.2, 0.25) is 0 Å². The molecule has 0 atom stereocenters. The van der Waals surface area contributed by atoms with Crippen molar-refractivity contribution in [3.8, 4) is 16.2 Å². The third-order valence-corrected chi connectivity index (χ3v) is 6.87. The van der Waals surface area contributed by atoms with Crippen LogP contribution in [0.3, 0.4) is 0 Å². The van der Waals surface area contributed by atoms with Crippen molar-refractivity contribution in [2.75, 3.05) is 6.61 Å². The second kappa shape index (κ2) is 9.14. The number of carboxylic acid groups (broad SMARTS) is 1. The molecule has 0 unspecified atom stereocenters. The van der Waals surface area contributed by atoms with Crippen LogP contribution in [0.15, 0.2) is 53.4 Å². The number of ether oxygens (including phenoxy) is 1. The van der Waals surface area contributed by atoms with Crippen molar-refractivity contribution >= 4 is 29.1 Å². The van der Waals surface area contributed by atoms with Crippen LogP contribution in [-0.2, 0) is 16.7 Å². The van der Waals surface area contributed by atoms with Crippen molar-refractivity contribution in [3.05, 3.63) is 70.1 Å². The molecule has 158 valence electrons. The molecule has 0 amide bonds. The predicted molar refractivity (Wildman–Crippen MR) is 113 cm³/mol. The highest BCUT2D eigenvalue weighted by atomic mass is 32.2. The van der Waals surface area contributed by atoms with Gasteiger partial charge >= 0.3 is 12.1 Å². The maximum atomic E-state index is 12.7. The number of carbonyl (C=O) groups is 1. The number of thioether (sulfide) groups is 1. The number of aliphatic carboxylic acids is 1. The van der Waals surface area contributed by atoms with Gasteiger partial charge in [0.25, 0.3) is 0 Å². The molecule has 1 heterocycles. The molecule has 0 saturated carbocycles. The van der Waals surface area contributed by atoms with Gasteiger partial charge in [-0.25, -0.2) is 4.79 Å². The molecule has 0 radical (unpaired) electrons. The molecule has 0 aliphatic heterocycles. The fourth-order valence-electron chi connectivity index (χ4n) is 2.79. The van der Waals surface area contributed by atoms with Gasteiger partial charge < -0.3 is 9.84 Å². The third kappa shape index (κ3) is 5.58. The van der Waals surface area contributed by atoms with E-state index in [0.29, 0.717) is 5.75 Å². The standard InChI is InChI=1S/C22H19F3O3S2/c1-13-9-17(7-8-18(13)28-11-21(26)27)29-12-20-14(2)10-19(30-20)15-3-5-16(6-4-15)22(23,24)25/h3-10H,11-12H2,1-2H3,(H,26,27). The Hall–Kier alpha value is -2.45. The molecule has 3 nitrogen and oxygen atoms in total. The van der Waals surface area contributed by atoms with Gasteiger partial charge in [0, 0.05) is 20.4 Å². The van der Waals surface area contributed by atoms with E-state index in [1.807, 2.05) is 32.0 Å². The van der Waals surface area contributed by atoms with Crippen LogP contribution in [0, 0.1) is 13.8 Å². The van der Waals surface area contributed by atoms with Crippen molar-refractivity contribution in [3.63, 3.8) is 0 Å². The van der Waals surface area contributed by atoms with Gasteiger partial charge in [0.05, 0.1) is 5.56 Å². The normalized spacial score (nSPS) is 11.5. The Morgan fingerprint density at radius 2 is 1.77 bits per heavy atom. The zero-order chi connectivity index (χ0) is 21.9. The fraction of sp³-hybridized carbons (Fsp3) is 0.227. The highest BCUT2D eigenvalue weighted by Crippen LogP contribution is 2.37. The largest absolute Gasteiger partial charge is 0.482 e. The average molecular weight is 453 g/mol. The van der Waals surface area contributed by atoms with Crippen LogP contribution in [-0.4, -0.2) is 17.7 Å². The summed E-state index contributed by atoms with van der Waals surface area (Å²) in [4.78, 5) is 13.7. The van der Waals surface area contributed by atoms with Gasteiger partial charge in [-0.2, -0.15) is 13.2 Å². The molecule has 0 aliphatic rings. The predicted octanol–water partition coefficient (Wildman–Crippen LogP) is 6.81. The van der Waals surface area contributed by atoms with E-state index >= 15 is 0 Å². The number of alkyl halides is 3. The topological polar surface area (TPSA) is 46.5 Å². The molecule has 30 heavy (non-hydrogen) atoms. The lowest BCUT2D eigenvalue weighted by Crippen LogP contribution is -2.09. The minimum Gasteiger partial charge on any atom is -0.482 e. The second-order valence-electron chi connectivity index (χ2n) is 6.69. The fourth-order valence-corrected chi connectivity index (χ4v) is 5.13. The number of aryl methyl sites for hydroxylation is 2. The second-order valence-corrected chi connectivity index (χ2v) is 8.88. The van der Waals surface area contributed by atoms with E-state index in [2.05, 4.69) is 0 Å². The lowest BCUT2D eigenvalue weighted by atomic mass is 10.1. The van der Waals surface area contributed by atoms with Crippen molar-refractivity contribution in [2.45, 2.75) is 30.7 Å². The maximum absolute atomic E-state index is 12.7. The van der Waals surface area contributed by atoms with E-state index in [1.54, 1.807) is 29.2 Å². The molecular formula is C22H19F3O3S2. The Morgan fingerprint density at radius 1 is 1.07 bits per heavy atom. The molecule has 0 bridgehead atoms. The quantitative estimate of drug-likeness (QED) is 0.400. The van der Waals surface area contributed by atoms with E-state index in [9.17, 15) is 18.0 Å². The smallest absolute Gasteiger partial charge is 0.416 e. The number of thiophene rings is 1. The van der Waals surface area contributed by atoms with Crippen LogP contribution in [0.25, 0.3) is 10.4 Å². The molecule has 2 aromatic carbocycles. The van der Waals surface area contributed by atoms with Crippen molar-refractivity contribution < 1.29 is 27.8 Å². The van der Waals surface area contributed by atoms with Gasteiger partial charge in [0.2, 0.25) is 0 Å². The number of carboxylic acids is 1. The first kappa shape index (κ1) is 22.2. The number of halogens is 3. The summed E-state index contributed by atoms with van der Waals surface area (Å²) in [6, 6.07) is 12.8. The van der Waals surface area contributed by atoms with Gasteiger partial charge in [-0.1, -0.05) is 12.1 Å². The maximum Gasteiger partial charge on any atom is 0.416 e. The van der Waals surface area contributed by atoms with Crippen LogP contribution in [0.4, 0.5) is 13.2 Å². The van der Waals surface area contributed by atoms with E-state index in [0.717, 1.165) is 49.2 Å². The first-order valence-corrected chi connectivity index (χ1v) is 10.8. The molecule has 3 aromatic rings. The first-order chi connectivity index (χ1) is 14.1. The van der Waals surface area contributed by atoms with E-state index < -0.39 is 17.7 Å². The Morgan fingerprint density at radius 3 is 2.37 bits per heavy atom. The van der Waals surface area contributed by atoms with Crippen LogP contribution in [0.5, 0.6) is 5.75 Å². The molecule has 1 N–H and O–H groups in total. The zero-order valence-electron chi connectivity index (χ0n) is 16.2. The summed E-state index contributed by atoms with van der Waals surface area (Å²) in [6.07, 6.45) is -4.34. The third-order valence-electron chi connectivity index (χ3n) is 4.38. The summed E-state index contributed by atoms with van der Waals surface area (Å²) in [5, 5.41) is 8.71. The SMILES string of the molecule is Cc1cc(SCc2sc(-c3ccc(C(F)(F)F)cc3)cc2C)ccc1OCC(=O)O. The molecule has 8 heteroatoms. The molecule has 0 spiro atoms. The molecule has 1 aromatic heterocycles. The van der Waals surface area contributed by atoms with Crippen molar-refractivity contribution in [1.29, 1.82) is 0 Å². The van der Waals surface area contributed by atoms with E-state index in [-0.39, 0.29) is 6.61 Å². The lowest BCUT2D eigenvalue weighted by Gasteiger charge is -2.09. The molecule has 0 aliphatic carbocycles. The number of hydrogen-bond donors (Lipinski definition) is 1. The molecule has 3 rings (SSSR count). The summed E-state index contributed by atoms with van der Waals surface area (Å²) < 4.78 is 43.5. The summed E-state index contributed by atoms with van der Waals surface area (Å²) in [5.41, 5.74) is 2.07. The first-order valence-electron chi connectivity index (χ1n) is 8.98. The molecule has 0 saturated heterocycles. The van der Waals surface area contributed by atoms with Gasteiger partial charge in [-0.05, 0) is 66.9 Å². The summed E-state index contributed by atoms with van der Waals surface area (Å²) in [6.45, 7) is 3.48. The van der Waals surface area contributed by atoms with Crippen molar-refractivity contribution in [2.24, 2.45) is 0 Å². The molecular weight excluding hydrogens is 433 g/mol. The number of rotatable bonds is 7. The average Bonchev–Trinajstić information content (AvgIpc) is 3.05. The monoisotopic (exact) mass is 452 g/mol. The minimum absolute atomic E-state index is 0.381. The Kier molecular flexibility index (Phi) is 6.77. The number of benzene rings is 2. The van der Waals surface area contributed by atoms with Gasteiger partial charge in [-0.15, -0.1) is 23.1 Å². The summed E-state index contributed by atoms with van der Waals surface area (Å²) >= 11 is 3.21. The Labute approximate surface area is 180 Å². The van der Waals surface area contributed by atoms with Crippen LogP contribution < -0.4 is 4.74 Å². The van der Waals surface area contributed by atoms with Gasteiger partial charge in [-0.3, -0.25) is 0 Å². The Bertz CT molecular complexity index is 1040. The highest BCUT2D eigenvalue weighted by Gasteiger charge is 2.30. The summed E-state index contributed by atoms with van der Waals surface area (Å²) in [5.74, 6) is 0.245. The zero-order valence-corrected chi connectivity index (χ0v) is 17.9. The van der Waals surface area contributed by atoms with E-state index in [4.69, 9.17) is 9.84 Å². The highest BCUT2D eigenvalue weighted by molar-refractivity contribution is 7.98. The van der Waals surface area contributed by atoms with Gasteiger partial charge in [0.1, 0.15) is 5.75 Å². The molecule has 0 fully saturated rings. The summed E-state index contributed by atoms with van der Waals surface area (Å²) in [7, 11) is 0. The van der Waals surface area contributed by atoms with E-state index in [1.165, 1.54) is 12.1 Å². The number of hydrogen-bond acceptors (Lipinski definition) is 4. The van der Waals surface area contributed by atoms with Crippen LogP contribution >= 0.6 is 23.1 Å². The Balaban J connectivity index is 1.68. The van der Waals surface area contributed by atoms with Crippen LogP contribution in [0.1, 0.15) is 21.6 Å². The van der Waals surface area contributed by atoms with Gasteiger partial charge in [0.15, 0.2) is 6.61 Å².